The summed E-state index contributed by atoms with van der Waals surface area (Å²) in [4.78, 5) is 23.6. The van der Waals surface area contributed by atoms with Gasteiger partial charge >= 0.3 is 6.03 Å². The molecule has 0 aliphatic carbocycles. The topological polar surface area (TPSA) is 103 Å². The summed E-state index contributed by atoms with van der Waals surface area (Å²) in [5.41, 5.74) is 1.48. The number of likely N-dealkylation sites (tertiary alicyclic amines) is 1. The number of fused-ring (bicyclic) bond motifs is 1. The third-order valence-corrected chi connectivity index (χ3v) is 5.47. The van der Waals surface area contributed by atoms with Crippen LogP contribution in [0.4, 0.5) is 10.5 Å². The van der Waals surface area contributed by atoms with Gasteiger partial charge in [-0.15, -0.1) is 0 Å². The number of nitrogens with one attached hydrogen (secondary N) is 1. The molecule has 2 aliphatic heterocycles. The van der Waals surface area contributed by atoms with Gasteiger partial charge in [0.05, 0.1) is 0 Å². The molecule has 5 rings (SSSR count). The van der Waals surface area contributed by atoms with Crippen molar-refractivity contribution in [1.29, 1.82) is 0 Å². The van der Waals surface area contributed by atoms with E-state index in [-0.39, 0.29) is 12.1 Å². The van der Waals surface area contributed by atoms with Gasteiger partial charge in [-0.05, 0) is 37.1 Å². The first-order chi connectivity index (χ1) is 15.3. The summed E-state index contributed by atoms with van der Waals surface area (Å²) < 4.78 is 16.7. The van der Waals surface area contributed by atoms with Crippen LogP contribution < -0.4 is 14.8 Å². The van der Waals surface area contributed by atoms with E-state index >= 15 is 0 Å². The van der Waals surface area contributed by atoms with E-state index in [9.17, 15) is 4.79 Å². The minimum atomic E-state index is -0.275. The maximum Gasteiger partial charge on any atom is 0.322 e. The Bertz CT molecular complexity index is 1060. The number of aromatic nitrogens is 3. The van der Waals surface area contributed by atoms with Crippen molar-refractivity contribution in [3.05, 3.63) is 48.6 Å². The maximum absolute atomic E-state index is 13.2. The van der Waals surface area contributed by atoms with Crippen LogP contribution in [0.1, 0.15) is 37.6 Å². The van der Waals surface area contributed by atoms with Gasteiger partial charge in [-0.25, -0.2) is 4.79 Å². The first kappa shape index (κ1) is 19.3. The van der Waals surface area contributed by atoms with Crippen molar-refractivity contribution < 1.29 is 18.8 Å². The molecule has 3 aromatic rings. The number of benzene rings is 1. The number of pyridine rings is 1. The summed E-state index contributed by atoms with van der Waals surface area (Å²) in [6, 6.07) is 8.58. The molecule has 4 heterocycles. The average molecular weight is 421 g/mol. The lowest BCUT2D eigenvalue weighted by Crippen LogP contribution is -2.38. The zero-order chi connectivity index (χ0) is 21.0. The van der Waals surface area contributed by atoms with Crippen molar-refractivity contribution in [2.24, 2.45) is 0 Å². The molecule has 1 N–H and O–H groups in total. The zero-order valence-electron chi connectivity index (χ0n) is 17.0. The Morgan fingerprint density at radius 3 is 2.74 bits per heavy atom. The van der Waals surface area contributed by atoms with Gasteiger partial charge in [-0.1, -0.05) is 18.0 Å². The highest BCUT2D eigenvalue weighted by Gasteiger charge is 2.31. The first-order valence-corrected chi connectivity index (χ1v) is 10.5. The van der Waals surface area contributed by atoms with Gasteiger partial charge in [0, 0.05) is 36.3 Å². The average Bonchev–Trinajstić information content (AvgIpc) is 3.17. The smallest absolute Gasteiger partial charge is 0.322 e. The Kier molecular flexibility index (Phi) is 5.39. The van der Waals surface area contributed by atoms with Gasteiger partial charge in [0.1, 0.15) is 19.3 Å². The number of hydrogen-bond donors (Lipinski definition) is 1. The molecule has 1 aromatic carbocycles. The van der Waals surface area contributed by atoms with Crippen molar-refractivity contribution in [2.45, 2.75) is 31.7 Å². The largest absolute Gasteiger partial charge is 0.486 e. The van der Waals surface area contributed by atoms with Crippen LogP contribution in [-0.4, -0.2) is 45.8 Å². The minimum absolute atomic E-state index is 0.202. The number of anilines is 1. The lowest BCUT2D eigenvalue weighted by molar-refractivity contribution is 0.170. The number of ether oxygens (including phenoxy) is 2. The quantitative estimate of drug-likeness (QED) is 0.680. The van der Waals surface area contributed by atoms with Gasteiger partial charge in [0.25, 0.3) is 0 Å². The van der Waals surface area contributed by atoms with Crippen LogP contribution >= 0.6 is 0 Å². The van der Waals surface area contributed by atoms with E-state index < -0.39 is 0 Å². The van der Waals surface area contributed by atoms with E-state index in [2.05, 4.69) is 20.4 Å². The van der Waals surface area contributed by atoms with Crippen molar-refractivity contribution in [2.75, 3.05) is 25.1 Å². The highest BCUT2D eigenvalue weighted by Crippen LogP contribution is 2.34. The fraction of sp³-hybridized carbons (Fsp3) is 0.364. The second-order valence-corrected chi connectivity index (χ2v) is 7.54. The molecule has 160 valence electrons. The summed E-state index contributed by atoms with van der Waals surface area (Å²) in [5.74, 6) is 2.27. The molecule has 9 nitrogen and oxygen atoms in total. The Balaban J connectivity index is 1.36. The lowest BCUT2D eigenvalue weighted by atomic mass is 10.1. The van der Waals surface area contributed by atoms with E-state index in [4.69, 9.17) is 14.0 Å². The van der Waals surface area contributed by atoms with Crippen LogP contribution in [0.3, 0.4) is 0 Å². The molecule has 1 fully saturated rings. The summed E-state index contributed by atoms with van der Waals surface area (Å²) in [6.45, 7) is 1.64. The molecule has 2 aliphatic rings. The highest BCUT2D eigenvalue weighted by atomic mass is 16.6. The number of urea groups is 1. The van der Waals surface area contributed by atoms with E-state index in [0.29, 0.717) is 48.7 Å². The number of carbonyl (C=O) groups is 1. The van der Waals surface area contributed by atoms with Crippen LogP contribution in [0, 0.1) is 0 Å². The molecule has 1 saturated heterocycles. The summed E-state index contributed by atoms with van der Waals surface area (Å²) in [5, 5.41) is 7.10. The van der Waals surface area contributed by atoms with Crippen molar-refractivity contribution in [3.63, 3.8) is 0 Å². The monoisotopic (exact) mass is 421 g/mol. The molecular formula is C22H23N5O4. The van der Waals surface area contributed by atoms with Gasteiger partial charge < -0.3 is 24.2 Å². The number of carbonyl (C=O) groups excluding carboxylic acids is 1. The molecule has 0 bridgehead atoms. The summed E-state index contributed by atoms with van der Waals surface area (Å²) in [7, 11) is 0. The summed E-state index contributed by atoms with van der Waals surface area (Å²) >= 11 is 0. The SMILES string of the molecule is O=C(Nc1ccc2c(c1)OCCO2)N1CCCCCC1c1nc(-c2ccncc2)no1. The standard InChI is InChI=1S/C22H23N5O4/c28-22(24-16-5-6-18-19(14-16)30-13-12-29-18)27-11-3-1-2-4-17(27)21-25-20(26-31-21)15-7-9-23-10-8-15/h5-10,14,17H,1-4,11-13H2,(H,24,28). The number of rotatable bonds is 3. The Hall–Kier alpha value is -3.62. The molecular weight excluding hydrogens is 398 g/mol. The second kappa shape index (κ2) is 8.63. The van der Waals surface area contributed by atoms with E-state index in [1.165, 1.54) is 0 Å². The predicted molar refractivity (Wildman–Crippen MR) is 112 cm³/mol. The predicted octanol–water partition coefficient (Wildman–Crippen LogP) is 4.05. The Morgan fingerprint density at radius 1 is 1.03 bits per heavy atom. The first-order valence-electron chi connectivity index (χ1n) is 10.5. The minimum Gasteiger partial charge on any atom is -0.486 e. The van der Waals surface area contributed by atoms with Crippen molar-refractivity contribution in [1.82, 2.24) is 20.0 Å². The van der Waals surface area contributed by atoms with Crippen LogP contribution in [0.25, 0.3) is 11.4 Å². The molecule has 1 unspecified atom stereocenters. The van der Waals surface area contributed by atoms with E-state index in [1.54, 1.807) is 23.4 Å². The van der Waals surface area contributed by atoms with Gasteiger partial charge in [0.2, 0.25) is 11.7 Å². The normalized spacial score (nSPS) is 18.3. The van der Waals surface area contributed by atoms with Crippen molar-refractivity contribution in [3.8, 4) is 22.9 Å². The fourth-order valence-electron chi connectivity index (χ4n) is 3.91. The number of amides is 2. The molecule has 0 spiro atoms. The van der Waals surface area contributed by atoms with Gasteiger partial charge in [-0.2, -0.15) is 4.98 Å². The molecule has 2 amide bonds. The van der Waals surface area contributed by atoms with Crippen LogP contribution in [-0.2, 0) is 0 Å². The van der Waals surface area contributed by atoms with E-state index in [1.807, 2.05) is 24.3 Å². The highest BCUT2D eigenvalue weighted by molar-refractivity contribution is 5.90. The molecule has 0 saturated carbocycles. The fourth-order valence-corrected chi connectivity index (χ4v) is 3.91. The maximum atomic E-state index is 13.2. The van der Waals surface area contributed by atoms with Crippen LogP contribution in [0.5, 0.6) is 11.5 Å². The van der Waals surface area contributed by atoms with Gasteiger partial charge in [-0.3, -0.25) is 4.98 Å². The molecule has 31 heavy (non-hydrogen) atoms. The third-order valence-electron chi connectivity index (χ3n) is 5.47. The molecule has 2 aromatic heterocycles. The number of nitrogens with zero attached hydrogens (tertiary/aromatic N) is 4. The van der Waals surface area contributed by atoms with Crippen molar-refractivity contribution >= 4 is 11.7 Å². The van der Waals surface area contributed by atoms with Crippen LogP contribution in [0.15, 0.2) is 47.2 Å². The molecule has 1 atom stereocenters. The number of hydrogen-bond acceptors (Lipinski definition) is 7. The lowest BCUT2D eigenvalue weighted by Gasteiger charge is -2.28. The van der Waals surface area contributed by atoms with Crippen LogP contribution in [0.2, 0.25) is 0 Å². The van der Waals surface area contributed by atoms with E-state index in [0.717, 1.165) is 31.2 Å². The Labute approximate surface area is 179 Å². The summed E-state index contributed by atoms with van der Waals surface area (Å²) in [6.07, 6.45) is 7.11. The Morgan fingerprint density at radius 2 is 1.87 bits per heavy atom. The second-order valence-electron chi connectivity index (χ2n) is 7.54. The third kappa shape index (κ3) is 4.16. The molecule has 9 heteroatoms. The zero-order valence-corrected chi connectivity index (χ0v) is 17.0. The molecule has 0 radical (unpaired) electrons. The van der Waals surface area contributed by atoms with Gasteiger partial charge in [0.15, 0.2) is 11.5 Å².